The van der Waals surface area contributed by atoms with Crippen molar-refractivity contribution in [2.45, 2.75) is 10.1 Å². The van der Waals surface area contributed by atoms with Crippen molar-refractivity contribution in [3.8, 4) is 5.75 Å². The number of rotatable bonds is 12. The minimum absolute atomic E-state index is 0.0709. The molecular weight excluding hydrogens is 656 g/mol. The van der Waals surface area contributed by atoms with Crippen LogP contribution in [-0.4, -0.2) is 38.9 Å². The summed E-state index contributed by atoms with van der Waals surface area (Å²) in [4.78, 5) is 43.3. The van der Waals surface area contributed by atoms with Gasteiger partial charge in [-0.15, -0.1) is 11.8 Å². The molecular formula is C39H35ClN4O4S. The van der Waals surface area contributed by atoms with Gasteiger partial charge in [-0.3, -0.25) is 14.4 Å². The van der Waals surface area contributed by atoms with Crippen LogP contribution in [0.1, 0.15) is 26.7 Å². The van der Waals surface area contributed by atoms with Crippen LogP contribution >= 0.6 is 23.4 Å². The van der Waals surface area contributed by atoms with Crippen molar-refractivity contribution in [1.29, 1.82) is 0 Å². The highest BCUT2D eigenvalue weighted by Crippen LogP contribution is 2.38. The number of carbonyl (C=O) groups excluding carboxylic acids is 3. The van der Waals surface area contributed by atoms with Gasteiger partial charge in [-0.05, 0) is 77.9 Å². The predicted molar refractivity (Wildman–Crippen MR) is 199 cm³/mol. The standard InChI is InChI=1S/C39H35ClN4O4S/c1-44(2)31-20-17-26(18-21-31)23-34(43-37(45)28-13-8-5-9-14-28)38(46)41-30-15-10-16-32(25-30)49-36(27-11-6-4-7-12-27)39(47)42-33-24-29(40)19-22-35(33)48-3/h4-25,36H,1-3H3,(H,41,46)(H,42,47)(H,43,45)/b34-23+. The largest absolute Gasteiger partial charge is 0.495 e. The minimum atomic E-state index is -0.651. The Morgan fingerprint density at radius 1 is 0.796 bits per heavy atom. The maximum absolute atomic E-state index is 13.7. The Hall–Kier alpha value is -5.51. The lowest BCUT2D eigenvalue weighted by molar-refractivity contribution is -0.116. The molecule has 0 aliphatic rings. The van der Waals surface area contributed by atoms with Crippen LogP contribution < -0.4 is 25.6 Å². The smallest absolute Gasteiger partial charge is 0.272 e. The van der Waals surface area contributed by atoms with Crippen LogP contribution in [-0.2, 0) is 9.59 Å². The van der Waals surface area contributed by atoms with E-state index in [0.29, 0.717) is 27.7 Å². The van der Waals surface area contributed by atoms with Crippen molar-refractivity contribution < 1.29 is 19.1 Å². The summed E-state index contributed by atoms with van der Waals surface area (Å²) < 4.78 is 5.42. The first-order chi connectivity index (χ1) is 23.7. The topological polar surface area (TPSA) is 99.8 Å². The van der Waals surface area contributed by atoms with Crippen LogP contribution in [0.4, 0.5) is 17.1 Å². The Balaban J connectivity index is 1.39. The summed E-state index contributed by atoms with van der Waals surface area (Å²) in [7, 11) is 5.42. The van der Waals surface area contributed by atoms with Crippen molar-refractivity contribution in [3.63, 3.8) is 0 Å². The second kappa shape index (κ2) is 16.5. The monoisotopic (exact) mass is 690 g/mol. The van der Waals surface area contributed by atoms with E-state index < -0.39 is 17.1 Å². The first-order valence-corrected chi connectivity index (χ1v) is 16.6. The second-order valence-electron chi connectivity index (χ2n) is 11.1. The fourth-order valence-electron chi connectivity index (χ4n) is 4.84. The molecule has 0 spiro atoms. The molecule has 5 rings (SSSR count). The van der Waals surface area contributed by atoms with Crippen LogP contribution in [0.15, 0.2) is 138 Å². The van der Waals surface area contributed by atoms with E-state index in [4.69, 9.17) is 16.3 Å². The first kappa shape index (κ1) is 34.8. The van der Waals surface area contributed by atoms with Gasteiger partial charge in [0.15, 0.2) is 0 Å². The van der Waals surface area contributed by atoms with E-state index in [9.17, 15) is 14.4 Å². The van der Waals surface area contributed by atoms with Crippen LogP contribution in [0.5, 0.6) is 5.75 Å². The molecule has 1 atom stereocenters. The Labute approximate surface area is 295 Å². The number of benzene rings is 5. The molecule has 49 heavy (non-hydrogen) atoms. The highest BCUT2D eigenvalue weighted by atomic mass is 35.5. The summed E-state index contributed by atoms with van der Waals surface area (Å²) in [5.41, 5.74) is 3.96. The summed E-state index contributed by atoms with van der Waals surface area (Å²) in [6.07, 6.45) is 1.63. The lowest BCUT2D eigenvalue weighted by Crippen LogP contribution is -2.30. The molecule has 0 saturated heterocycles. The van der Waals surface area contributed by atoms with Crippen molar-refractivity contribution in [1.82, 2.24) is 5.32 Å². The molecule has 3 N–H and O–H groups in total. The zero-order chi connectivity index (χ0) is 34.8. The summed E-state index contributed by atoms with van der Waals surface area (Å²) in [5.74, 6) is -0.714. The highest BCUT2D eigenvalue weighted by Gasteiger charge is 2.24. The lowest BCUT2D eigenvalue weighted by Gasteiger charge is -2.19. The molecule has 0 aliphatic heterocycles. The summed E-state index contributed by atoms with van der Waals surface area (Å²) in [6, 6.07) is 37.9. The average Bonchev–Trinajstić information content (AvgIpc) is 3.11. The number of nitrogens with one attached hydrogen (secondary N) is 3. The zero-order valence-corrected chi connectivity index (χ0v) is 28.7. The highest BCUT2D eigenvalue weighted by molar-refractivity contribution is 8.00. The molecule has 0 radical (unpaired) electrons. The molecule has 5 aromatic carbocycles. The van der Waals surface area contributed by atoms with Gasteiger partial charge in [0.1, 0.15) is 16.7 Å². The predicted octanol–water partition coefficient (Wildman–Crippen LogP) is 8.30. The van der Waals surface area contributed by atoms with Gasteiger partial charge in [0.05, 0.1) is 12.8 Å². The number of carbonyl (C=O) groups is 3. The molecule has 0 aliphatic carbocycles. The van der Waals surface area contributed by atoms with Gasteiger partial charge in [0.25, 0.3) is 11.8 Å². The van der Waals surface area contributed by atoms with Gasteiger partial charge in [0.2, 0.25) is 5.91 Å². The van der Waals surface area contributed by atoms with Crippen LogP contribution in [0.2, 0.25) is 5.02 Å². The molecule has 248 valence electrons. The van der Waals surface area contributed by atoms with Crippen LogP contribution in [0.3, 0.4) is 0 Å². The maximum atomic E-state index is 13.7. The van der Waals surface area contributed by atoms with Crippen molar-refractivity contribution in [3.05, 3.63) is 155 Å². The van der Waals surface area contributed by atoms with Crippen LogP contribution in [0, 0.1) is 0 Å². The number of anilines is 3. The third kappa shape index (κ3) is 9.53. The first-order valence-electron chi connectivity index (χ1n) is 15.3. The van der Waals surface area contributed by atoms with E-state index in [1.807, 2.05) is 85.7 Å². The third-order valence-corrected chi connectivity index (χ3v) is 8.84. The number of ether oxygens (including phenoxy) is 1. The number of hydrogen-bond donors (Lipinski definition) is 3. The Bertz CT molecular complexity index is 1950. The van der Waals surface area contributed by atoms with E-state index in [1.54, 1.807) is 66.7 Å². The van der Waals surface area contributed by atoms with E-state index in [0.717, 1.165) is 21.7 Å². The molecule has 0 saturated carbocycles. The Morgan fingerprint density at radius 3 is 2.16 bits per heavy atom. The quantitative estimate of drug-likeness (QED) is 0.0900. The molecule has 5 aromatic rings. The van der Waals surface area contributed by atoms with Crippen molar-refractivity contribution >= 4 is 64.2 Å². The Morgan fingerprint density at radius 2 is 1.49 bits per heavy atom. The molecule has 3 amide bonds. The Kier molecular flexibility index (Phi) is 11.8. The van der Waals surface area contributed by atoms with Gasteiger partial charge in [-0.2, -0.15) is 0 Å². The summed E-state index contributed by atoms with van der Waals surface area (Å²) in [5, 5.41) is 8.47. The minimum Gasteiger partial charge on any atom is -0.495 e. The van der Waals surface area contributed by atoms with Crippen molar-refractivity contribution in [2.24, 2.45) is 0 Å². The lowest BCUT2D eigenvalue weighted by atomic mass is 10.1. The van der Waals surface area contributed by atoms with Crippen LogP contribution in [0.25, 0.3) is 6.08 Å². The molecule has 0 fully saturated rings. The van der Waals surface area contributed by atoms with E-state index in [2.05, 4.69) is 16.0 Å². The molecule has 0 aromatic heterocycles. The van der Waals surface area contributed by atoms with E-state index in [-0.39, 0.29) is 11.6 Å². The number of halogens is 1. The molecule has 8 nitrogen and oxygen atoms in total. The van der Waals surface area contributed by atoms with Gasteiger partial charge in [-0.1, -0.05) is 78.3 Å². The maximum Gasteiger partial charge on any atom is 0.272 e. The van der Waals surface area contributed by atoms with E-state index in [1.165, 1.54) is 18.9 Å². The third-order valence-electron chi connectivity index (χ3n) is 7.35. The number of thioether (sulfide) groups is 1. The normalized spacial score (nSPS) is 11.6. The fraction of sp³-hybridized carbons (Fsp3) is 0.103. The average molecular weight is 691 g/mol. The van der Waals surface area contributed by atoms with Gasteiger partial charge in [-0.25, -0.2) is 0 Å². The zero-order valence-electron chi connectivity index (χ0n) is 27.1. The molecule has 0 heterocycles. The molecule has 0 bridgehead atoms. The van der Waals surface area contributed by atoms with Gasteiger partial charge < -0.3 is 25.6 Å². The number of nitrogens with zero attached hydrogens (tertiary/aromatic N) is 1. The van der Waals surface area contributed by atoms with Gasteiger partial charge in [0, 0.05) is 41.0 Å². The van der Waals surface area contributed by atoms with Crippen molar-refractivity contribution in [2.75, 3.05) is 36.7 Å². The second-order valence-corrected chi connectivity index (χ2v) is 12.7. The SMILES string of the molecule is COc1ccc(Cl)cc1NC(=O)C(Sc1cccc(NC(=O)/C(=C\c2ccc(N(C)C)cc2)NC(=O)c2ccccc2)c1)c1ccccc1. The number of hydrogen-bond acceptors (Lipinski definition) is 6. The van der Waals surface area contributed by atoms with E-state index >= 15 is 0 Å². The number of methoxy groups -OCH3 is 1. The summed E-state index contributed by atoms with van der Waals surface area (Å²) >= 11 is 7.54. The summed E-state index contributed by atoms with van der Waals surface area (Å²) in [6.45, 7) is 0. The van der Waals surface area contributed by atoms with Gasteiger partial charge >= 0.3 is 0 Å². The molecule has 1 unspecified atom stereocenters. The number of amides is 3. The molecule has 10 heteroatoms. The fourth-order valence-corrected chi connectivity index (χ4v) is 6.09.